The van der Waals surface area contributed by atoms with E-state index in [1.165, 1.54) is 5.56 Å². The molecule has 0 bridgehead atoms. The Kier molecular flexibility index (Phi) is 3.25. The van der Waals surface area contributed by atoms with Gasteiger partial charge in [0.2, 0.25) is 0 Å². The fourth-order valence-corrected chi connectivity index (χ4v) is 2.26. The van der Waals surface area contributed by atoms with E-state index in [0.717, 1.165) is 4.47 Å². The van der Waals surface area contributed by atoms with Crippen molar-refractivity contribution in [3.05, 3.63) is 34.3 Å². The van der Waals surface area contributed by atoms with Gasteiger partial charge in [0.15, 0.2) is 0 Å². The van der Waals surface area contributed by atoms with Crippen LogP contribution in [0.25, 0.3) is 0 Å². The summed E-state index contributed by atoms with van der Waals surface area (Å²) in [6, 6.07) is 8.26. The van der Waals surface area contributed by atoms with Crippen LogP contribution in [0.4, 0.5) is 0 Å². The standard InChI is InChI=1S/C13H15BrOSi/c1-16(2,3)9-8-12-13(15-12)10-4-6-11(14)7-5-10/h4-7,12-13H,1-3H3/t12-,13+/m0/s1. The zero-order chi connectivity index (χ0) is 11.8. The van der Waals surface area contributed by atoms with E-state index in [2.05, 4.69) is 59.2 Å². The first-order chi connectivity index (χ1) is 7.46. The van der Waals surface area contributed by atoms with Crippen LogP contribution in [0.15, 0.2) is 28.7 Å². The van der Waals surface area contributed by atoms with Gasteiger partial charge in [-0.2, -0.15) is 0 Å². The molecule has 0 aromatic heterocycles. The third kappa shape index (κ3) is 3.21. The Morgan fingerprint density at radius 2 is 1.81 bits per heavy atom. The van der Waals surface area contributed by atoms with Crippen LogP contribution in [0.2, 0.25) is 19.6 Å². The minimum atomic E-state index is -1.27. The van der Waals surface area contributed by atoms with Gasteiger partial charge in [0.05, 0.1) is 0 Å². The molecule has 2 rings (SSSR count). The predicted molar refractivity (Wildman–Crippen MR) is 72.9 cm³/mol. The van der Waals surface area contributed by atoms with E-state index < -0.39 is 8.07 Å². The largest absolute Gasteiger partial charge is 0.351 e. The number of epoxide rings is 1. The smallest absolute Gasteiger partial charge is 0.148 e. The van der Waals surface area contributed by atoms with Gasteiger partial charge in [-0.1, -0.05) is 53.6 Å². The highest BCUT2D eigenvalue weighted by atomic mass is 79.9. The summed E-state index contributed by atoms with van der Waals surface area (Å²) in [6.07, 6.45) is 0.310. The number of ether oxygens (including phenoxy) is 1. The maximum absolute atomic E-state index is 5.57. The van der Waals surface area contributed by atoms with Gasteiger partial charge in [-0.3, -0.25) is 0 Å². The van der Waals surface area contributed by atoms with Crippen molar-refractivity contribution < 1.29 is 4.74 Å². The third-order valence-corrected chi connectivity index (χ3v) is 3.70. The van der Waals surface area contributed by atoms with Crippen LogP contribution in [0, 0.1) is 11.5 Å². The summed E-state index contributed by atoms with van der Waals surface area (Å²) in [6.45, 7) is 6.74. The Balaban J connectivity index is 2.01. The van der Waals surface area contributed by atoms with Crippen LogP contribution < -0.4 is 0 Å². The van der Waals surface area contributed by atoms with Crippen LogP contribution >= 0.6 is 15.9 Å². The Labute approximate surface area is 106 Å². The van der Waals surface area contributed by atoms with E-state index in [9.17, 15) is 0 Å². The maximum Gasteiger partial charge on any atom is 0.148 e. The molecular formula is C13H15BrOSi. The lowest BCUT2D eigenvalue weighted by molar-refractivity contribution is 0.397. The summed E-state index contributed by atoms with van der Waals surface area (Å²) < 4.78 is 6.67. The lowest BCUT2D eigenvalue weighted by Crippen LogP contribution is -2.16. The topological polar surface area (TPSA) is 12.5 Å². The van der Waals surface area contributed by atoms with Gasteiger partial charge >= 0.3 is 0 Å². The van der Waals surface area contributed by atoms with Gasteiger partial charge in [-0.15, -0.1) is 5.54 Å². The molecule has 1 aromatic carbocycles. The molecule has 84 valence electrons. The van der Waals surface area contributed by atoms with E-state index >= 15 is 0 Å². The van der Waals surface area contributed by atoms with Crippen LogP contribution in [0.3, 0.4) is 0 Å². The van der Waals surface area contributed by atoms with Crippen molar-refractivity contribution in [2.24, 2.45) is 0 Å². The molecule has 0 spiro atoms. The van der Waals surface area contributed by atoms with Gasteiger partial charge in [0.25, 0.3) is 0 Å². The van der Waals surface area contributed by atoms with Crippen molar-refractivity contribution >= 4 is 24.0 Å². The summed E-state index contributed by atoms with van der Waals surface area (Å²) in [4.78, 5) is 0. The highest BCUT2D eigenvalue weighted by Gasteiger charge is 2.38. The Hall–Kier alpha value is -0.563. The van der Waals surface area contributed by atoms with Gasteiger partial charge in [-0.05, 0) is 17.7 Å². The molecule has 3 heteroatoms. The summed E-state index contributed by atoms with van der Waals surface area (Å²) >= 11 is 3.42. The summed E-state index contributed by atoms with van der Waals surface area (Å²) in [5.74, 6) is 3.24. The number of hydrogen-bond donors (Lipinski definition) is 0. The quantitative estimate of drug-likeness (QED) is 0.436. The molecule has 2 atom stereocenters. The molecule has 1 fully saturated rings. The molecule has 1 aromatic rings. The van der Waals surface area contributed by atoms with Crippen LogP contribution in [-0.4, -0.2) is 14.2 Å². The summed E-state index contributed by atoms with van der Waals surface area (Å²) in [5.41, 5.74) is 4.57. The van der Waals surface area contributed by atoms with Crippen molar-refractivity contribution in [3.8, 4) is 11.5 Å². The van der Waals surface area contributed by atoms with E-state index in [-0.39, 0.29) is 12.2 Å². The maximum atomic E-state index is 5.57. The molecule has 0 radical (unpaired) electrons. The van der Waals surface area contributed by atoms with Crippen molar-refractivity contribution in [2.75, 3.05) is 0 Å². The minimum absolute atomic E-state index is 0.118. The lowest BCUT2D eigenvalue weighted by atomic mass is 10.1. The van der Waals surface area contributed by atoms with Crippen molar-refractivity contribution in [1.29, 1.82) is 0 Å². The average Bonchev–Trinajstić information content (AvgIpc) is 2.94. The molecule has 1 heterocycles. The van der Waals surface area contributed by atoms with Crippen molar-refractivity contribution in [3.63, 3.8) is 0 Å². The Morgan fingerprint density at radius 1 is 1.19 bits per heavy atom. The lowest BCUT2D eigenvalue weighted by Gasteiger charge is -2.02. The molecule has 0 N–H and O–H groups in total. The number of rotatable bonds is 1. The van der Waals surface area contributed by atoms with Crippen LogP contribution in [-0.2, 0) is 4.74 Å². The molecule has 1 nitrogen and oxygen atoms in total. The first-order valence-corrected chi connectivity index (χ1v) is 9.69. The van der Waals surface area contributed by atoms with E-state index in [1.54, 1.807) is 0 Å². The number of halogens is 1. The first kappa shape index (κ1) is 11.9. The van der Waals surface area contributed by atoms with Crippen molar-refractivity contribution in [2.45, 2.75) is 31.8 Å². The van der Waals surface area contributed by atoms with Gasteiger partial charge in [0.1, 0.15) is 20.3 Å². The normalized spacial score (nSPS) is 23.5. The third-order valence-electron chi connectivity index (χ3n) is 2.28. The first-order valence-electron chi connectivity index (χ1n) is 5.39. The molecular weight excluding hydrogens is 280 g/mol. The predicted octanol–water partition coefficient (Wildman–Crippen LogP) is 3.77. The van der Waals surface area contributed by atoms with Gasteiger partial charge in [-0.25, -0.2) is 0 Å². The molecule has 1 aliphatic rings. The fourth-order valence-electron chi connectivity index (χ4n) is 1.42. The fraction of sp³-hybridized carbons (Fsp3) is 0.385. The van der Waals surface area contributed by atoms with Crippen molar-refractivity contribution in [1.82, 2.24) is 0 Å². The molecule has 0 unspecified atom stereocenters. The molecule has 16 heavy (non-hydrogen) atoms. The molecule has 0 amide bonds. The van der Waals surface area contributed by atoms with Gasteiger partial charge < -0.3 is 4.74 Å². The zero-order valence-electron chi connectivity index (χ0n) is 9.75. The van der Waals surface area contributed by atoms with E-state index in [4.69, 9.17) is 4.74 Å². The van der Waals surface area contributed by atoms with E-state index in [1.807, 2.05) is 12.1 Å². The minimum Gasteiger partial charge on any atom is -0.351 e. The number of hydrogen-bond acceptors (Lipinski definition) is 1. The van der Waals surface area contributed by atoms with E-state index in [0.29, 0.717) is 0 Å². The van der Waals surface area contributed by atoms with Crippen LogP contribution in [0.1, 0.15) is 11.7 Å². The molecule has 0 aliphatic carbocycles. The Bertz CT molecular complexity index is 436. The molecule has 0 saturated carbocycles. The zero-order valence-corrected chi connectivity index (χ0v) is 12.3. The van der Waals surface area contributed by atoms with Gasteiger partial charge in [0, 0.05) is 4.47 Å². The second kappa shape index (κ2) is 4.36. The average molecular weight is 295 g/mol. The number of benzene rings is 1. The SMILES string of the molecule is C[Si](C)(C)C#C[C@@H]1O[C@@H]1c1ccc(Br)cc1. The molecule has 1 aliphatic heterocycles. The molecule has 1 saturated heterocycles. The second-order valence-corrected chi connectivity index (χ2v) is 10.7. The Morgan fingerprint density at radius 3 is 2.38 bits per heavy atom. The highest BCUT2D eigenvalue weighted by molar-refractivity contribution is 9.10. The summed E-state index contributed by atoms with van der Waals surface area (Å²) in [5, 5.41) is 0. The highest BCUT2D eigenvalue weighted by Crippen LogP contribution is 2.38. The second-order valence-electron chi connectivity index (χ2n) is 5.05. The summed E-state index contributed by atoms with van der Waals surface area (Å²) in [7, 11) is -1.27. The monoisotopic (exact) mass is 294 g/mol. The van der Waals surface area contributed by atoms with Crippen LogP contribution in [0.5, 0.6) is 0 Å².